The molecule has 1 amide bonds. The summed E-state index contributed by atoms with van der Waals surface area (Å²) in [6.07, 6.45) is 0. The zero-order chi connectivity index (χ0) is 15.5. The number of rotatable bonds is 3. The van der Waals surface area contributed by atoms with Crippen LogP contribution in [0.25, 0.3) is 10.6 Å². The Balaban J connectivity index is 1.75. The summed E-state index contributed by atoms with van der Waals surface area (Å²) in [7, 11) is 0. The van der Waals surface area contributed by atoms with E-state index in [2.05, 4.69) is 31.4 Å². The van der Waals surface area contributed by atoms with Gasteiger partial charge in [-0.15, -0.1) is 10.2 Å². The highest BCUT2D eigenvalue weighted by Gasteiger charge is 2.11. The quantitative estimate of drug-likeness (QED) is 0.737. The van der Waals surface area contributed by atoms with Gasteiger partial charge in [0.15, 0.2) is 0 Å². The van der Waals surface area contributed by atoms with Crippen LogP contribution in [-0.2, 0) is 0 Å². The molecule has 3 rings (SSSR count). The van der Waals surface area contributed by atoms with Gasteiger partial charge < -0.3 is 0 Å². The van der Waals surface area contributed by atoms with E-state index in [0.717, 1.165) is 10.0 Å². The molecular weight excluding hydrogens is 369 g/mol. The number of aromatic nitrogens is 2. The Kier molecular flexibility index (Phi) is 4.26. The fourth-order valence-corrected chi connectivity index (χ4v) is 2.76. The van der Waals surface area contributed by atoms with E-state index in [9.17, 15) is 9.18 Å². The highest BCUT2D eigenvalue weighted by atomic mass is 79.9. The number of carbonyl (C=O) groups is 1. The summed E-state index contributed by atoms with van der Waals surface area (Å²) in [5, 5.41) is 11.6. The molecule has 0 unspecified atom stereocenters. The Hall–Kier alpha value is -2.12. The molecule has 0 saturated carbocycles. The molecule has 1 heterocycles. The Morgan fingerprint density at radius 1 is 1.05 bits per heavy atom. The third kappa shape index (κ3) is 3.37. The normalized spacial score (nSPS) is 10.5. The molecule has 110 valence electrons. The van der Waals surface area contributed by atoms with Crippen LogP contribution in [-0.4, -0.2) is 16.1 Å². The summed E-state index contributed by atoms with van der Waals surface area (Å²) in [4.78, 5) is 12.1. The SMILES string of the molecule is O=C(Nc1nnc(-c2ccc(F)cc2)s1)c1ccc(Br)cc1. The molecule has 2 aromatic carbocycles. The number of hydrogen-bond donors (Lipinski definition) is 1. The van der Waals surface area contributed by atoms with Crippen LogP contribution in [0.1, 0.15) is 10.4 Å². The maximum Gasteiger partial charge on any atom is 0.257 e. The van der Waals surface area contributed by atoms with Crippen molar-refractivity contribution in [1.82, 2.24) is 10.2 Å². The highest BCUT2D eigenvalue weighted by molar-refractivity contribution is 9.10. The topological polar surface area (TPSA) is 54.9 Å². The molecule has 0 aliphatic heterocycles. The first-order valence-corrected chi connectivity index (χ1v) is 7.89. The predicted octanol–water partition coefficient (Wildman–Crippen LogP) is 4.36. The van der Waals surface area contributed by atoms with E-state index in [1.165, 1.54) is 23.5 Å². The fourth-order valence-electron chi connectivity index (χ4n) is 1.75. The van der Waals surface area contributed by atoms with Crippen molar-refractivity contribution in [1.29, 1.82) is 0 Å². The van der Waals surface area contributed by atoms with Crippen LogP contribution >= 0.6 is 27.3 Å². The van der Waals surface area contributed by atoms with Gasteiger partial charge in [-0.05, 0) is 48.5 Å². The number of nitrogens with zero attached hydrogens (tertiary/aromatic N) is 2. The molecule has 0 saturated heterocycles. The minimum Gasteiger partial charge on any atom is -0.296 e. The van der Waals surface area contributed by atoms with Gasteiger partial charge >= 0.3 is 0 Å². The van der Waals surface area contributed by atoms with Crippen molar-refractivity contribution in [2.45, 2.75) is 0 Å². The van der Waals surface area contributed by atoms with E-state index in [-0.39, 0.29) is 11.7 Å². The molecule has 0 aliphatic carbocycles. The monoisotopic (exact) mass is 377 g/mol. The molecular formula is C15H9BrFN3OS. The van der Waals surface area contributed by atoms with E-state index in [0.29, 0.717) is 15.7 Å². The van der Waals surface area contributed by atoms with Gasteiger partial charge in [0, 0.05) is 15.6 Å². The molecule has 0 radical (unpaired) electrons. The second kappa shape index (κ2) is 6.33. The molecule has 1 N–H and O–H groups in total. The van der Waals surface area contributed by atoms with Crippen molar-refractivity contribution in [2.24, 2.45) is 0 Å². The lowest BCUT2D eigenvalue weighted by atomic mass is 10.2. The van der Waals surface area contributed by atoms with Gasteiger partial charge in [0.2, 0.25) is 5.13 Å². The number of hydrogen-bond acceptors (Lipinski definition) is 4. The summed E-state index contributed by atoms with van der Waals surface area (Å²) in [5.74, 6) is -0.564. The average molecular weight is 378 g/mol. The third-order valence-corrected chi connectivity index (χ3v) is 4.26. The van der Waals surface area contributed by atoms with E-state index in [1.807, 2.05) is 0 Å². The van der Waals surface area contributed by atoms with E-state index >= 15 is 0 Å². The lowest BCUT2D eigenvalue weighted by molar-refractivity contribution is 0.102. The Morgan fingerprint density at radius 3 is 2.41 bits per heavy atom. The summed E-state index contributed by atoms with van der Waals surface area (Å²) >= 11 is 4.55. The number of amides is 1. The molecule has 7 heteroatoms. The van der Waals surface area contributed by atoms with Crippen molar-refractivity contribution in [2.75, 3.05) is 5.32 Å². The molecule has 1 aromatic heterocycles. The van der Waals surface area contributed by atoms with Gasteiger partial charge in [-0.1, -0.05) is 27.3 Å². The molecule has 0 fully saturated rings. The molecule has 4 nitrogen and oxygen atoms in total. The second-order valence-corrected chi connectivity index (χ2v) is 6.27. The molecule has 3 aromatic rings. The first kappa shape index (κ1) is 14.8. The standard InChI is InChI=1S/C15H9BrFN3OS/c16-11-5-1-9(2-6-11)13(21)18-15-20-19-14(22-15)10-3-7-12(17)8-4-10/h1-8H,(H,18,20,21). The fraction of sp³-hybridized carbons (Fsp3) is 0. The van der Waals surface area contributed by atoms with Crippen LogP contribution < -0.4 is 5.32 Å². The van der Waals surface area contributed by atoms with Gasteiger partial charge in [-0.2, -0.15) is 0 Å². The van der Waals surface area contributed by atoms with Crippen LogP contribution in [0.4, 0.5) is 9.52 Å². The van der Waals surface area contributed by atoms with Gasteiger partial charge in [0.1, 0.15) is 10.8 Å². The molecule has 0 aliphatic rings. The molecule has 22 heavy (non-hydrogen) atoms. The third-order valence-electron chi connectivity index (χ3n) is 2.84. The zero-order valence-electron chi connectivity index (χ0n) is 11.1. The lowest BCUT2D eigenvalue weighted by Gasteiger charge is -2.00. The van der Waals surface area contributed by atoms with Crippen molar-refractivity contribution in [3.63, 3.8) is 0 Å². The van der Waals surface area contributed by atoms with Crippen LogP contribution in [0.3, 0.4) is 0 Å². The van der Waals surface area contributed by atoms with E-state index < -0.39 is 0 Å². The van der Waals surface area contributed by atoms with E-state index in [1.54, 1.807) is 36.4 Å². The molecule has 0 spiro atoms. The lowest BCUT2D eigenvalue weighted by Crippen LogP contribution is -2.11. The smallest absolute Gasteiger partial charge is 0.257 e. The van der Waals surface area contributed by atoms with Crippen molar-refractivity contribution < 1.29 is 9.18 Å². The largest absolute Gasteiger partial charge is 0.296 e. The van der Waals surface area contributed by atoms with Gasteiger partial charge in [-0.3, -0.25) is 10.1 Å². The number of anilines is 1. The average Bonchev–Trinajstić information content (AvgIpc) is 2.97. The molecule has 0 atom stereocenters. The molecule has 0 bridgehead atoms. The predicted molar refractivity (Wildman–Crippen MR) is 87.4 cm³/mol. The van der Waals surface area contributed by atoms with Crippen LogP contribution in [0.2, 0.25) is 0 Å². The number of nitrogens with one attached hydrogen (secondary N) is 1. The van der Waals surface area contributed by atoms with Crippen molar-refractivity contribution in [3.8, 4) is 10.6 Å². The summed E-state index contributed by atoms with van der Waals surface area (Å²) in [5.41, 5.74) is 1.28. The van der Waals surface area contributed by atoms with Crippen LogP contribution in [0.15, 0.2) is 53.0 Å². The zero-order valence-corrected chi connectivity index (χ0v) is 13.5. The highest BCUT2D eigenvalue weighted by Crippen LogP contribution is 2.26. The van der Waals surface area contributed by atoms with Crippen LogP contribution in [0.5, 0.6) is 0 Å². The summed E-state index contributed by atoms with van der Waals surface area (Å²) < 4.78 is 13.8. The Bertz CT molecular complexity index is 802. The summed E-state index contributed by atoms with van der Waals surface area (Å²) in [6, 6.07) is 13.0. The van der Waals surface area contributed by atoms with Gasteiger partial charge in [0.05, 0.1) is 0 Å². The van der Waals surface area contributed by atoms with E-state index in [4.69, 9.17) is 0 Å². The second-order valence-electron chi connectivity index (χ2n) is 4.38. The maximum absolute atomic E-state index is 12.9. The number of carbonyl (C=O) groups excluding carboxylic acids is 1. The van der Waals surface area contributed by atoms with Crippen molar-refractivity contribution >= 4 is 38.3 Å². The Morgan fingerprint density at radius 2 is 1.73 bits per heavy atom. The minimum atomic E-state index is -0.308. The first-order chi connectivity index (χ1) is 10.6. The van der Waals surface area contributed by atoms with Crippen LogP contribution in [0, 0.1) is 5.82 Å². The first-order valence-electron chi connectivity index (χ1n) is 6.28. The number of benzene rings is 2. The van der Waals surface area contributed by atoms with Gasteiger partial charge in [0.25, 0.3) is 5.91 Å². The van der Waals surface area contributed by atoms with Crippen molar-refractivity contribution in [3.05, 3.63) is 64.4 Å². The van der Waals surface area contributed by atoms with Gasteiger partial charge in [-0.25, -0.2) is 4.39 Å². The minimum absolute atomic E-state index is 0.255. The summed E-state index contributed by atoms with van der Waals surface area (Å²) in [6.45, 7) is 0. The maximum atomic E-state index is 12.9. The Labute approximate surface area is 138 Å². The number of halogens is 2.